The number of morpholine rings is 1. The molecule has 1 N–H and O–H groups in total. The van der Waals surface area contributed by atoms with Gasteiger partial charge in [-0.05, 0) is 28.5 Å². The highest BCUT2D eigenvalue weighted by Gasteiger charge is 2.27. The van der Waals surface area contributed by atoms with Crippen molar-refractivity contribution < 1.29 is 17.6 Å². The standard InChI is InChI=1S/C24H25N3O5S/c28-24-25-22-9-8-20(16-23(22)32-24)33(29,30)27(11-10-26-12-14-31-15-13-26)17-19-6-3-5-18-4-1-2-7-21(18)19/h1-9,16H,10-15,17H2,(H,25,28). The summed E-state index contributed by atoms with van der Waals surface area (Å²) >= 11 is 0. The van der Waals surface area contributed by atoms with Gasteiger partial charge in [-0.1, -0.05) is 42.5 Å². The van der Waals surface area contributed by atoms with Crippen molar-refractivity contribution in [3.8, 4) is 0 Å². The fourth-order valence-electron chi connectivity index (χ4n) is 4.22. The van der Waals surface area contributed by atoms with E-state index in [2.05, 4.69) is 9.88 Å². The summed E-state index contributed by atoms with van der Waals surface area (Å²) in [6.07, 6.45) is 0. The number of oxazole rings is 1. The Morgan fingerprint density at radius 2 is 1.79 bits per heavy atom. The first-order valence-corrected chi connectivity index (χ1v) is 12.3. The Hall–Kier alpha value is -2.98. The van der Waals surface area contributed by atoms with E-state index in [1.54, 1.807) is 6.07 Å². The molecule has 0 spiro atoms. The third-order valence-electron chi connectivity index (χ3n) is 6.03. The Balaban J connectivity index is 1.50. The number of nitrogens with one attached hydrogen (secondary N) is 1. The number of aromatic amines is 1. The number of rotatable bonds is 7. The molecule has 0 atom stereocenters. The molecule has 0 unspecified atom stereocenters. The van der Waals surface area contributed by atoms with E-state index in [0.717, 1.165) is 29.4 Å². The third kappa shape index (κ3) is 4.58. The van der Waals surface area contributed by atoms with Crippen LogP contribution in [0.5, 0.6) is 0 Å². The molecule has 2 heterocycles. The van der Waals surface area contributed by atoms with E-state index >= 15 is 0 Å². The number of benzene rings is 3. The summed E-state index contributed by atoms with van der Waals surface area (Å²) in [6, 6.07) is 18.4. The molecule has 33 heavy (non-hydrogen) atoms. The Morgan fingerprint density at radius 1 is 1.00 bits per heavy atom. The quantitative estimate of drug-likeness (QED) is 0.449. The van der Waals surface area contributed by atoms with E-state index in [1.807, 2.05) is 42.5 Å². The molecule has 0 bridgehead atoms. The molecule has 0 amide bonds. The first-order valence-electron chi connectivity index (χ1n) is 10.9. The zero-order valence-electron chi connectivity index (χ0n) is 18.1. The number of ether oxygens (including phenoxy) is 1. The van der Waals surface area contributed by atoms with Crippen LogP contribution in [0.4, 0.5) is 0 Å². The molecule has 5 rings (SSSR count). The highest BCUT2D eigenvalue weighted by molar-refractivity contribution is 7.89. The van der Waals surface area contributed by atoms with E-state index in [0.29, 0.717) is 31.8 Å². The number of nitrogens with zero attached hydrogens (tertiary/aromatic N) is 2. The number of sulfonamides is 1. The van der Waals surface area contributed by atoms with Gasteiger partial charge in [0, 0.05) is 38.8 Å². The van der Waals surface area contributed by atoms with Crippen LogP contribution in [0.15, 0.2) is 74.8 Å². The lowest BCUT2D eigenvalue weighted by Crippen LogP contribution is -2.42. The van der Waals surface area contributed by atoms with Gasteiger partial charge in [0.05, 0.1) is 23.6 Å². The Kier molecular flexibility index (Phi) is 6.03. The van der Waals surface area contributed by atoms with Crippen LogP contribution in [-0.2, 0) is 21.3 Å². The second-order valence-corrected chi connectivity index (χ2v) is 10.0. The van der Waals surface area contributed by atoms with Crippen LogP contribution in [0.3, 0.4) is 0 Å². The molecule has 8 nitrogen and oxygen atoms in total. The molecule has 172 valence electrons. The van der Waals surface area contributed by atoms with E-state index in [1.165, 1.54) is 16.4 Å². The van der Waals surface area contributed by atoms with Crippen molar-refractivity contribution in [3.63, 3.8) is 0 Å². The van der Waals surface area contributed by atoms with Crippen molar-refractivity contribution in [2.24, 2.45) is 0 Å². The van der Waals surface area contributed by atoms with Crippen molar-refractivity contribution in [1.82, 2.24) is 14.2 Å². The van der Waals surface area contributed by atoms with E-state index < -0.39 is 15.8 Å². The third-order valence-corrected chi connectivity index (χ3v) is 7.87. The predicted molar refractivity (Wildman–Crippen MR) is 126 cm³/mol. The summed E-state index contributed by atoms with van der Waals surface area (Å²) < 4.78 is 39.5. The molecule has 1 aromatic heterocycles. The van der Waals surface area contributed by atoms with Crippen LogP contribution < -0.4 is 5.76 Å². The van der Waals surface area contributed by atoms with Gasteiger partial charge in [0.25, 0.3) is 0 Å². The average Bonchev–Trinajstić information content (AvgIpc) is 3.21. The van der Waals surface area contributed by atoms with Crippen molar-refractivity contribution in [2.75, 3.05) is 39.4 Å². The first-order chi connectivity index (χ1) is 16.0. The van der Waals surface area contributed by atoms with Crippen molar-refractivity contribution in [2.45, 2.75) is 11.4 Å². The van der Waals surface area contributed by atoms with Gasteiger partial charge in [-0.25, -0.2) is 13.2 Å². The van der Waals surface area contributed by atoms with Gasteiger partial charge < -0.3 is 9.15 Å². The number of H-pyrrole nitrogens is 1. The summed E-state index contributed by atoms with van der Waals surface area (Å²) in [4.78, 5) is 16.4. The fraction of sp³-hybridized carbons (Fsp3) is 0.292. The molecule has 1 aliphatic heterocycles. The van der Waals surface area contributed by atoms with Crippen LogP contribution in [0.25, 0.3) is 21.9 Å². The summed E-state index contributed by atoms with van der Waals surface area (Å²) in [6.45, 7) is 4.04. The minimum atomic E-state index is -3.85. The van der Waals surface area contributed by atoms with Crippen LogP contribution in [0.2, 0.25) is 0 Å². The molecule has 1 saturated heterocycles. The molecule has 1 fully saturated rings. The normalized spacial score (nSPS) is 15.5. The van der Waals surface area contributed by atoms with Crippen molar-refractivity contribution in [1.29, 1.82) is 0 Å². The molecule has 3 aromatic carbocycles. The Bertz CT molecular complexity index is 1430. The van der Waals surface area contributed by atoms with Gasteiger partial charge in [-0.3, -0.25) is 9.88 Å². The first kappa shape index (κ1) is 21.8. The number of hydrogen-bond donors (Lipinski definition) is 1. The maximum atomic E-state index is 13.7. The number of aromatic nitrogens is 1. The lowest BCUT2D eigenvalue weighted by molar-refractivity contribution is 0.0361. The monoisotopic (exact) mass is 467 g/mol. The molecular weight excluding hydrogens is 442 g/mol. The second-order valence-electron chi connectivity index (χ2n) is 8.10. The largest absolute Gasteiger partial charge is 0.417 e. The van der Waals surface area contributed by atoms with E-state index in [-0.39, 0.29) is 17.0 Å². The van der Waals surface area contributed by atoms with Gasteiger partial charge in [-0.2, -0.15) is 4.31 Å². The maximum absolute atomic E-state index is 13.7. The van der Waals surface area contributed by atoms with Crippen LogP contribution >= 0.6 is 0 Å². The van der Waals surface area contributed by atoms with Gasteiger partial charge in [-0.15, -0.1) is 0 Å². The highest BCUT2D eigenvalue weighted by Crippen LogP contribution is 2.25. The van der Waals surface area contributed by atoms with Crippen molar-refractivity contribution in [3.05, 3.63) is 76.8 Å². The zero-order valence-corrected chi connectivity index (χ0v) is 18.9. The van der Waals surface area contributed by atoms with Gasteiger partial charge in [0.15, 0.2) is 5.58 Å². The molecule has 1 aliphatic rings. The lowest BCUT2D eigenvalue weighted by atomic mass is 10.0. The second kappa shape index (κ2) is 9.11. The summed E-state index contributed by atoms with van der Waals surface area (Å²) in [7, 11) is -3.85. The van der Waals surface area contributed by atoms with Crippen LogP contribution in [0.1, 0.15) is 5.56 Å². The number of fused-ring (bicyclic) bond motifs is 2. The lowest BCUT2D eigenvalue weighted by Gasteiger charge is -2.30. The van der Waals surface area contributed by atoms with Gasteiger partial charge in [0.2, 0.25) is 10.0 Å². The van der Waals surface area contributed by atoms with Crippen molar-refractivity contribution >= 4 is 31.9 Å². The smallest absolute Gasteiger partial charge is 0.408 e. The van der Waals surface area contributed by atoms with Crippen LogP contribution in [0, 0.1) is 0 Å². The Morgan fingerprint density at radius 3 is 2.64 bits per heavy atom. The minimum absolute atomic E-state index is 0.0972. The molecule has 0 saturated carbocycles. The highest BCUT2D eigenvalue weighted by atomic mass is 32.2. The van der Waals surface area contributed by atoms with E-state index in [9.17, 15) is 13.2 Å². The maximum Gasteiger partial charge on any atom is 0.417 e. The Labute approximate surface area is 191 Å². The molecular formula is C24H25N3O5S. The average molecular weight is 468 g/mol. The van der Waals surface area contributed by atoms with E-state index in [4.69, 9.17) is 9.15 Å². The summed E-state index contributed by atoms with van der Waals surface area (Å²) in [5.74, 6) is -0.612. The van der Waals surface area contributed by atoms with Gasteiger partial charge >= 0.3 is 5.76 Å². The summed E-state index contributed by atoms with van der Waals surface area (Å²) in [5.41, 5.74) is 1.63. The molecule has 9 heteroatoms. The molecule has 0 aliphatic carbocycles. The predicted octanol–water partition coefficient (Wildman–Crippen LogP) is 2.80. The van der Waals surface area contributed by atoms with Crippen LogP contribution in [-0.4, -0.2) is 62.0 Å². The minimum Gasteiger partial charge on any atom is -0.408 e. The zero-order chi connectivity index (χ0) is 22.8. The summed E-state index contributed by atoms with van der Waals surface area (Å²) in [5, 5.41) is 2.09. The topological polar surface area (TPSA) is 95.8 Å². The SMILES string of the molecule is O=c1[nH]c2ccc(S(=O)(=O)N(CCN3CCOCC3)Cc3cccc4ccccc34)cc2o1. The fourth-order valence-corrected chi connectivity index (χ4v) is 5.64. The molecule has 0 radical (unpaired) electrons. The molecule has 4 aromatic rings. The number of hydrogen-bond acceptors (Lipinski definition) is 6. The van der Waals surface area contributed by atoms with Gasteiger partial charge in [0.1, 0.15) is 0 Å².